The fraction of sp³-hybridized carbons (Fsp3) is 0.250. The number of hydrogen-bond donors (Lipinski definition) is 1. The van der Waals surface area contributed by atoms with Crippen molar-refractivity contribution in [3.8, 4) is 5.75 Å². The Labute approximate surface area is 143 Å². The first-order chi connectivity index (χ1) is 11.6. The Morgan fingerprint density at radius 1 is 1.33 bits per heavy atom. The Bertz CT molecular complexity index is 696. The number of esters is 1. The van der Waals surface area contributed by atoms with Gasteiger partial charge in [-0.3, -0.25) is 10.1 Å². The van der Waals surface area contributed by atoms with Crippen LogP contribution in [-0.4, -0.2) is 37.0 Å². The molecule has 0 saturated carbocycles. The summed E-state index contributed by atoms with van der Waals surface area (Å²) in [6.07, 6.45) is 3.63. The second-order valence-corrected chi connectivity index (χ2v) is 5.69. The second kappa shape index (κ2) is 8.88. The molecule has 7 nitrogen and oxygen atoms in total. The predicted octanol–water partition coefficient (Wildman–Crippen LogP) is 2.09. The molecular weight excluding hydrogens is 330 g/mol. The minimum absolute atomic E-state index is 0.216. The van der Waals surface area contributed by atoms with Crippen molar-refractivity contribution < 1.29 is 19.1 Å². The van der Waals surface area contributed by atoms with Crippen LogP contribution in [0.4, 0.5) is 0 Å². The smallest absolute Gasteiger partial charge is 0.331 e. The van der Waals surface area contributed by atoms with Gasteiger partial charge >= 0.3 is 5.97 Å². The number of methoxy groups -OCH3 is 1. The van der Waals surface area contributed by atoms with Gasteiger partial charge in [0.1, 0.15) is 5.75 Å². The Morgan fingerprint density at radius 2 is 2.08 bits per heavy atom. The van der Waals surface area contributed by atoms with E-state index >= 15 is 0 Å². The first-order valence-corrected chi connectivity index (χ1v) is 8.06. The van der Waals surface area contributed by atoms with Gasteiger partial charge in [0.15, 0.2) is 5.17 Å². The third-order valence-corrected chi connectivity index (χ3v) is 3.71. The number of nitrogens with zero attached hydrogens (tertiary/aromatic N) is 2. The number of rotatable bonds is 6. The van der Waals surface area contributed by atoms with E-state index in [-0.39, 0.29) is 4.91 Å². The first kappa shape index (κ1) is 17.7. The number of nitrogens with one attached hydrogen (secondary N) is 1. The van der Waals surface area contributed by atoms with E-state index < -0.39 is 11.9 Å². The molecule has 0 spiro atoms. The third kappa shape index (κ3) is 5.24. The van der Waals surface area contributed by atoms with Crippen LogP contribution < -0.4 is 10.1 Å². The summed E-state index contributed by atoms with van der Waals surface area (Å²) >= 11 is 1.03. The molecule has 0 radical (unpaired) electrons. The molecule has 0 atom stereocenters. The molecule has 0 aromatic heterocycles. The van der Waals surface area contributed by atoms with Crippen molar-refractivity contribution in [1.29, 1.82) is 0 Å². The molecule has 1 aliphatic rings. The highest BCUT2D eigenvalue weighted by Crippen LogP contribution is 2.23. The summed E-state index contributed by atoms with van der Waals surface area (Å²) in [6, 6.07) is 7.43. The summed E-state index contributed by atoms with van der Waals surface area (Å²) in [5.74, 6) is -0.198. The van der Waals surface area contributed by atoms with Gasteiger partial charge in [0.05, 0.1) is 24.8 Å². The minimum Gasteiger partial charge on any atom is -0.494 e. The van der Waals surface area contributed by atoms with Crippen LogP contribution in [0.2, 0.25) is 0 Å². The lowest BCUT2D eigenvalue weighted by Gasteiger charge is -2.03. The number of carbonyl (C=O) groups excluding carboxylic acids is 2. The number of thioether (sulfide) groups is 1. The lowest BCUT2D eigenvalue weighted by molar-refractivity contribution is -0.135. The van der Waals surface area contributed by atoms with Crippen LogP contribution in [0.25, 0.3) is 0 Å². The highest BCUT2D eigenvalue weighted by Gasteiger charge is 2.24. The summed E-state index contributed by atoms with van der Waals surface area (Å²) in [4.78, 5) is 23.0. The summed E-state index contributed by atoms with van der Waals surface area (Å²) in [6.45, 7) is 2.73. The average Bonchev–Trinajstić information content (AvgIpc) is 2.93. The van der Waals surface area contributed by atoms with Crippen LogP contribution >= 0.6 is 11.8 Å². The molecule has 1 aromatic rings. The average molecular weight is 347 g/mol. The van der Waals surface area contributed by atoms with E-state index in [0.29, 0.717) is 11.8 Å². The van der Waals surface area contributed by atoms with E-state index in [1.165, 1.54) is 7.11 Å². The highest BCUT2D eigenvalue weighted by atomic mass is 32.2. The van der Waals surface area contributed by atoms with E-state index in [4.69, 9.17) is 4.74 Å². The molecule has 1 heterocycles. The minimum atomic E-state index is -0.595. The molecule has 0 aliphatic carbocycles. The van der Waals surface area contributed by atoms with Gasteiger partial charge < -0.3 is 9.47 Å². The van der Waals surface area contributed by atoms with Gasteiger partial charge in [0.25, 0.3) is 5.91 Å². The quantitative estimate of drug-likeness (QED) is 0.368. The van der Waals surface area contributed by atoms with Gasteiger partial charge in [-0.25, -0.2) is 4.79 Å². The van der Waals surface area contributed by atoms with E-state index in [0.717, 1.165) is 35.6 Å². The van der Waals surface area contributed by atoms with Crippen LogP contribution in [0.3, 0.4) is 0 Å². The molecule has 1 saturated heterocycles. The summed E-state index contributed by atoms with van der Waals surface area (Å²) in [7, 11) is 1.24. The second-order valence-electron chi connectivity index (χ2n) is 4.66. The molecule has 1 N–H and O–H groups in total. The Hall–Kier alpha value is -2.61. The first-order valence-electron chi connectivity index (χ1n) is 7.25. The van der Waals surface area contributed by atoms with Gasteiger partial charge in [0, 0.05) is 6.08 Å². The molecule has 8 heteroatoms. The van der Waals surface area contributed by atoms with Gasteiger partial charge in [0.2, 0.25) is 0 Å². The van der Waals surface area contributed by atoms with Gasteiger partial charge in [-0.15, -0.1) is 5.10 Å². The molecule has 126 valence electrons. The van der Waals surface area contributed by atoms with Crippen molar-refractivity contribution in [3.05, 3.63) is 40.8 Å². The van der Waals surface area contributed by atoms with Gasteiger partial charge in [-0.1, -0.05) is 6.92 Å². The Morgan fingerprint density at radius 3 is 2.75 bits per heavy atom. The largest absolute Gasteiger partial charge is 0.494 e. The summed E-state index contributed by atoms with van der Waals surface area (Å²) < 4.78 is 9.97. The highest BCUT2D eigenvalue weighted by molar-refractivity contribution is 8.18. The third-order valence-electron chi connectivity index (χ3n) is 2.81. The fourth-order valence-electron chi connectivity index (χ4n) is 1.66. The molecule has 0 bridgehead atoms. The number of benzene rings is 1. The van der Waals surface area contributed by atoms with Crippen molar-refractivity contribution in [2.75, 3.05) is 13.7 Å². The van der Waals surface area contributed by atoms with Crippen molar-refractivity contribution in [3.63, 3.8) is 0 Å². The van der Waals surface area contributed by atoms with Gasteiger partial charge in [-0.2, -0.15) is 5.10 Å². The summed E-state index contributed by atoms with van der Waals surface area (Å²) in [5, 5.41) is 10.7. The number of amidine groups is 1. The maximum Gasteiger partial charge on any atom is 0.331 e. The number of amides is 1. The molecule has 1 fully saturated rings. The molecule has 1 aromatic carbocycles. The molecule has 0 unspecified atom stereocenters. The Kier molecular flexibility index (Phi) is 6.56. The number of carbonyl (C=O) groups is 2. The SMILES string of the molecule is CCCOc1ccc(C=N/N=C2/NC(=O)/C(=C\C(=O)OC)S2)cc1. The van der Waals surface area contributed by atoms with Crippen LogP contribution in [-0.2, 0) is 14.3 Å². The van der Waals surface area contributed by atoms with Crippen LogP contribution in [0, 0.1) is 0 Å². The summed E-state index contributed by atoms with van der Waals surface area (Å²) in [5.41, 5.74) is 0.850. The molecular formula is C16H17N3O4S. The maximum atomic E-state index is 11.6. The monoisotopic (exact) mass is 347 g/mol. The predicted molar refractivity (Wildman–Crippen MR) is 93.1 cm³/mol. The van der Waals surface area contributed by atoms with Crippen LogP contribution in [0.5, 0.6) is 5.75 Å². The zero-order valence-electron chi connectivity index (χ0n) is 13.3. The standard InChI is InChI=1S/C16H17N3O4S/c1-3-8-23-12-6-4-11(5-7-12)10-17-19-16-18-15(21)13(24-16)9-14(20)22-2/h4-7,9-10H,3,8H2,1-2H3,(H,18,19,21)/b13-9+,17-10?. The maximum absolute atomic E-state index is 11.6. The van der Waals surface area contributed by atoms with E-state index in [1.807, 2.05) is 31.2 Å². The van der Waals surface area contributed by atoms with Crippen molar-refractivity contribution in [2.24, 2.45) is 10.2 Å². The molecule has 24 heavy (non-hydrogen) atoms. The fourth-order valence-corrected chi connectivity index (χ4v) is 2.40. The molecule has 2 rings (SSSR count). The van der Waals surface area contributed by atoms with Gasteiger partial charge in [-0.05, 0) is 48.0 Å². The lowest BCUT2D eigenvalue weighted by atomic mass is 10.2. The number of hydrogen-bond acceptors (Lipinski definition) is 7. The number of ether oxygens (including phenoxy) is 2. The Balaban J connectivity index is 1.95. The normalized spacial score (nSPS) is 17.5. The van der Waals surface area contributed by atoms with Crippen molar-refractivity contribution in [1.82, 2.24) is 5.32 Å². The molecule has 1 amide bonds. The van der Waals surface area contributed by atoms with Crippen molar-refractivity contribution >= 4 is 35.0 Å². The van der Waals surface area contributed by atoms with Crippen molar-refractivity contribution in [2.45, 2.75) is 13.3 Å². The zero-order valence-corrected chi connectivity index (χ0v) is 14.1. The van der Waals surface area contributed by atoms with E-state index in [1.54, 1.807) is 6.21 Å². The molecule has 1 aliphatic heterocycles. The zero-order chi connectivity index (χ0) is 17.4. The van der Waals surface area contributed by atoms with Crippen LogP contribution in [0.15, 0.2) is 45.4 Å². The van der Waals surface area contributed by atoms with E-state index in [9.17, 15) is 9.59 Å². The lowest BCUT2D eigenvalue weighted by Crippen LogP contribution is -2.19. The van der Waals surface area contributed by atoms with Crippen LogP contribution in [0.1, 0.15) is 18.9 Å². The van der Waals surface area contributed by atoms with E-state index in [2.05, 4.69) is 20.3 Å². The topological polar surface area (TPSA) is 89.4 Å².